The van der Waals surface area contributed by atoms with E-state index in [2.05, 4.69) is 30.2 Å². The van der Waals surface area contributed by atoms with Gasteiger partial charge in [0.15, 0.2) is 5.13 Å². The Morgan fingerprint density at radius 1 is 1.32 bits per heavy atom. The highest BCUT2D eigenvalue weighted by Gasteiger charge is 2.31. The molecule has 1 aliphatic rings. The molecule has 128 valence electrons. The molecule has 1 aliphatic heterocycles. The van der Waals surface area contributed by atoms with Crippen molar-refractivity contribution in [1.82, 2.24) is 24.8 Å². The van der Waals surface area contributed by atoms with E-state index >= 15 is 0 Å². The number of aromatic amines is 1. The summed E-state index contributed by atoms with van der Waals surface area (Å²) < 4.78 is 0. The molecule has 8 heteroatoms. The van der Waals surface area contributed by atoms with Crippen molar-refractivity contribution in [3.05, 3.63) is 59.4 Å². The van der Waals surface area contributed by atoms with Gasteiger partial charge in [-0.15, -0.1) is 11.3 Å². The highest BCUT2D eigenvalue weighted by Crippen LogP contribution is 2.32. The van der Waals surface area contributed by atoms with Gasteiger partial charge in [0.25, 0.3) is 0 Å². The van der Waals surface area contributed by atoms with Crippen molar-refractivity contribution < 1.29 is 4.79 Å². The second kappa shape index (κ2) is 7.12. The second-order valence-corrected chi connectivity index (χ2v) is 6.74. The van der Waals surface area contributed by atoms with Gasteiger partial charge in [-0.1, -0.05) is 6.07 Å². The lowest BCUT2D eigenvalue weighted by Gasteiger charge is -2.34. The van der Waals surface area contributed by atoms with Crippen LogP contribution in [0.3, 0.4) is 0 Å². The van der Waals surface area contributed by atoms with E-state index in [1.807, 2.05) is 23.6 Å². The van der Waals surface area contributed by atoms with Crippen LogP contribution < -0.4 is 5.32 Å². The fourth-order valence-corrected chi connectivity index (χ4v) is 3.69. The van der Waals surface area contributed by atoms with Crippen LogP contribution in [0.15, 0.2) is 42.3 Å². The lowest BCUT2D eigenvalue weighted by molar-refractivity contribution is -0.116. The summed E-state index contributed by atoms with van der Waals surface area (Å²) in [5, 5.41) is 5.32. The first-order valence-electron chi connectivity index (χ1n) is 8.18. The summed E-state index contributed by atoms with van der Waals surface area (Å²) in [6, 6.07) is 5.88. The Morgan fingerprint density at radius 3 is 3.08 bits per heavy atom. The summed E-state index contributed by atoms with van der Waals surface area (Å²) in [7, 11) is 0. The van der Waals surface area contributed by atoms with Crippen LogP contribution >= 0.6 is 11.3 Å². The number of carbonyl (C=O) groups is 1. The molecule has 7 nitrogen and oxygen atoms in total. The zero-order valence-corrected chi connectivity index (χ0v) is 14.4. The minimum atomic E-state index is -0.0254. The number of fused-ring (bicyclic) bond motifs is 1. The van der Waals surface area contributed by atoms with Crippen molar-refractivity contribution in [1.29, 1.82) is 0 Å². The molecule has 0 radical (unpaired) electrons. The molecular formula is C17H18N6OS. The molecule has 25 heavy (non-hydrogen) atoms. The molecule has 1 amide bonds. The van der Waals surface area contributed by atoms with Crippen LogP contribution in [0.5, 0.6) is 0 Å². The van der Waals surface area contributed by atoms with Gasteiger partial charge in [-0.05, 0) is 12.1 Å². The summed E-state index contributed by atoms with van der Waals surface area (Å²) in [6.45, 7) is 1.51. The maximum Gasteiger partial charge on any atom is 0.227 e. The van der Waals surface area contributed by atoms with Gasteiger partial charge in [0.2, 0.25) is 5.91 Å². The number of aromatic nitrogens is 4. The lowest BCUT2D eigenvalue weighted by Crippen LogP contribution is -2.38. The predicted octanol–water partition coefficient (Wildman–Crippen LogP) is 2.24. The molecule has 0 bridgehead atoms. The molecule has 0 aromatic carbocycles. The average Bonchev–Trinajstić information content (AvgIpc) is 3.31. The van der Waals surface area contributed by atoms with Crippen molar-refractivity contribution in [2.45, 2.75) is 18.9 Å². The number of carbonyl (C=O) groups excluding carboxylic acids is 1. The number of hydrogen-bond donors (Lipinski definition) is 2. The Hall–Kier alpha value is -2.58. The molecule has 1 unspecified atom stereocenters. The Bertz CT molecular complexity index is 832. The van der Waals surface area contributed by atoms with E-state index in [9.17, 15) is 4.79 Å². The Kier molecular flexibility index (Phi) is 4.53. The molecule has 0 saturated heterocycles. The minimum Gasteiger partial charge on any atom is -0.348 e. The van der Waals surface area contributed by atoms with E-state index in [0.29, 0.717) is 18.1 Å². The number of nitrogens with zero attached hydrogens (tertiary/aromatic N) is 4. The zero-order valence-electron chi connectivity index (χ0n) is 13.6. The van der Waals surface area contributed by atoms with Gasteiger partial charge in [-0.3, -0.25) is 14.7 Å². The minimum absolute atomic E-state index is 0.0242. The third-order valence-corrected chi connectivity index (χ3v) is 4.99. The number of amides is 1. The fraction of sp³-hybridized carbons (Fsp3) is 0.294. The fourth-order valence-electron chi connectivity index (χ4n) is 3.14. The van der Waals surface area contributed by atoms with E-state index in [1.54, 1.807) is 18.7 Å². The third-order valence-electron chi connectivity index (χ3n) is 4.30. The van der Waals surface area contributed by atoms with E-state index in [0.717, 1.165) is 30.0 Å². The number of rotatable bonds is 5. The monoisotopic (exact) mass is 354 g/mol. The van der Waals surface area contributed by atoms with Crippen LogP contribution in [0.1, 0.15) is 29.5 Å². The van der Waals surface area contributed by atoms with Gasteiger partial charge in [0.1, 0.15) is 0 Å². The Morgan fingerprint density at radius 2 is 2.28 bits per heavy atom. The number of H-pyrrole nitrogens is 1. The van der Waals surface area contributed by atoms with Gasteiger partial charge < -0.3 is 10.3 Å². The van der Waals surface area contributed by atoms with Crippen molar-refractivity contribution in [2.75, 3.05) is 18.4 Å². The number of nitrogens with one attached hydrogen (secondary N) is 2. The van der Waals surface area contributed by atoms with Crippen LogP contribution in [-0.4, -0.2) is 43.8 Å². The normalized spacial score (nSPS) is 17.2. The SMILES string of the molecule is O=C(CCN1CCc2[nH]cnc2C1c1ccccn1)Nc1nccs1. The Labute approximate surface area is 149 Å². The second-order valence-electron chi connectivity index (χ2n) is 5.84. The lowest BCUT2D eigenvalue weighted by atomic mass is 9.99. The van der Waals surface area contributed by atoms with Gasteiger partial charge in [0, 0.05) is 49.4 Å². The van der Waals surface area contributed by atoms with E-state index in [4.69, 9.17) is 0 Å². The molecule has 0 spiro atoms. The number of hydrogen-bond acceptors (Lipinski definition) is 6. The summed E-state index contributed by atoms with van der Waals surface area (Å²) in [4.78, 5) is 30.8. The quantitative estimate of drug-likeness (QED) is 0.734. The first-order chi connectivity index (χ1) is 12.3. The number of thiazole rings is 1. The van der Waals surface area contributed by atoms with Crippen molar-refractivity contribution in [3.63, 3.8) is 0 Å². The highest BCUT2D eigenvalue weighted by molar-refractivity contribution is 7.13. The van der Waals surface area contributed by atoms with Crippen molar-refractivity contribution in [2.24, 2.45) is 0 Å². The molecular weight excluding hydrogens is 336 g/mol. The molecule has 1 atom stereocenters. The summed E-state index contributed by atoms with van der Waals surface area (Å²) in [6.07, 6.45) is 6.51. The molecule has 3 aromatic rings. The van der Waals surface area contributed by atoms with Crippen LogP contribution in [0.25, 0.3) is 0 Å². The maximum atomic E-state index is 12.2. The standard InChI is InChI=1S/C17H18N6OS/c24-14(22-17-19-7-10-25-17)5-9-23-8-4-12-15(21-11-20-12)16(23)13-3-1-2-6-18-13/h1-3,6-7,10-11,16H,4-5,8-9H2,(H,20,21)(H,19,22,24). The molecule has 0 fully saturated rings. The van der Waals surface area contributed by atoms with Crippen molar-refractivity contribution >= 4 is 22.4 Å². The summed E-state index contributed by atoms with van der Waals surface area (Å²) in [5.74, 6) is -0.0254. The smallest absolute Gasteiger partial charge is 0.227 e. The van der Waals surface area contributed by atoms with Crippen LogP contribution in [0.2, 0.25) is 0 Å². The molecule has 3 aromatic heterocycles. The van der Waals surface area contributed by atoms with E-state index in [-0.39, 0.29) is 11.9 Å². The molecule has 4 heterocycles. The van der Waals surface area contributed by atoms with Crippen molar-refractivity contribution in [3.8, 4) is 0 Å². The highest BCUT2D eigenvalue weighted by atomic mass is 32.1. The topological polar surface area (TPSA) is 86.8 Å². The Balaban J connectivity index is 1.49. The van der Waals surface area contributed by atoms with E-state index in [1.165, 1.54) is 11.3 Å². The summed E-state index contributed by atoms with van der Waals surface area (Å²) >= 11 is 1.42. The van der Waals surface area contributed by atoms with Gasteiger partial charge in [0.05, 0.1) is 23.8 Å². The molecule has 2 N–H and O–H groups in total. The zero-order chi connectivity index (χ0) is 17.1. The third kappa shape index (κ3) is 3.45. The van der Waals surface area contributed by atoms with Gasteiger partial charge in [-0.2, -0.15) is 0 Å². The predicted molar refractivity (Wildman–Crippen MR) is 95.3 cm³/mol. The number of anilines is 1. The largest absolute Gasteiger partial charge is 0.348 e. The molecule has 0 aliphatic carbocycles. The van der Waals surface area contributed by atoms with Crippen LogP contribution in [-0.2, 0) is 11.2 Å². The average molecular weight is 354 g/mol. The first kappa shape index (κ1) is 15.9. The summed E-state index contributed by atoms with van der Waals surface area (Å²) in [5.41, 5.74) is 3.11. The molecule has 4 rings (SSSR count). The van der Waals surface area contributed by atoms with Crippen LogP contribution in [0.4, 0.5) is 5.13 Å². The number of pyridine rings is 1. The van der Waals surface area contributed by atoms with E-state index < -0.39 is 0 Å². The number of imidazole rings is 1. The maximum absolute atomic E-state index is 12.2. The van der Waals surface area contributed by atoms with Crippen LogP contribution in [0, 0.1) is 0 Å². The van der Waals surface area contributed by atoms with Gasteiger partial charge >= 0.3 is 0 Å². The first-order valence-corrected chi connectivity index (χ1v) is 9.05. The molecule has 0 saturated carbocycles. The van der Waals surface area contributed by atoms with Gasteiger partial charge in [-0.25, -0.2) is 9.97 Å².